The second kappa shape index (κ2) is 5.27. The SMILES string of the molecule is C[C@@H]1CS(=O)(=O)CCN1Cc1ccc(F)c(C#N)c1. The normalized spacial score (nSPS) is 22.9. The molecule has 1 aromatic carbocycles. The lowest BCUT2D eigenvalue weighted by molar-refractivity contribution is 0.218. The fraction of sp³-hybridized carbons (Fsp3) is 0.462. The van der Waals surface area contributed by atoms with Gasteiger partial charge in [-0.05, 0) is 24.6 Å². The quantitative estimate of drug-likeness (QED) is 0.820. The third-order valence-corrected chi connectivity index (χ3v) is 5.14. The molecule has 0 unspecified atom stereocenters. The molecule has 0 bridgehead atoms. The molecule has 2 rings (SSSR count). The highest BCUT2D eigenvalue weighted by atomic mass is 32.2. The topological polar surface area (TPSA) is 61.2 Å². The number of nitriles is 1. The van der Waals surface area contributed by atoms with Crippen molar-refractivity contribution >= 4 is 9.84 Å². The van der Waals surface area contributed by atoms with E-state index in [2.05, 4.69) is 0 Å². The maximum absolute atomic E-state index is 13.2. The number of hydrogen-bond donors (Lipinski definition) is 0. The van der Waals surface area contributed by atoms with Crippen molar-refractivity contribution < 1.29 is 12.8 Å². The minimum atomic E-state index is -2.93. The van der Waals surface area contributed by atoms with Crippen LogP contribution in [0.4, 0.5) is 4.39 Å². The molecule has 0 spiro atoms. The van der Waals surface area contributed by atoms with Gasteiger partial charge in [0.15, 0.2) is 9.84 Å². The third kappa shape index (κ3) is 3.31. The van der Waals surface area contributed by atoms with Crippen LogP contribution in [0.25, 0.3) is 0 Å². The maximum Gasteiger partial charge on any atom is 0.153 e. The Labute approximate surface area is 112 Å². The van der Waals surface area contributed by atoms with Crippen LogP contribution in [0.2, 0.25) is 0 Å². The van der Waals surface area contributed by atoms with Crippen molar-refractivity contribution in [2.45, 2.75) is 19.5 Å². The molecule has 1 aliphatic heterocycles. The molecule has 1 fully saturated rings. The van der Waals surface area contributed by atoms with Gasteiger partial charge in [0.25, 0.3) is 0 Å². The first-order valence-electron chi connectivity index (χ1n) is 6.04. The van der Waals surface area contributed by atoms with E-state index in [9.17, 15) is 12.8 Å². The van der Waals surface area contributed by atoms with Crippen molar-refractivity contribution in [3.8, 4) is 6.07 Å². The Morgan fingerprint density at radius 2 is 2.26 bits per heavy atom. The Bertz CT molecular complexity index is 622. The Hall–Kier alpha value is -1.45. The van der Waals surface area contributed by atoms with E-state index in [0.717, 1.165) is 5.56 Å². The highest BCUT2D eigenvalue weighted by molar-refractivity contribution is 7.91. The second-order valence-corrected chi connectivity index (χ2v) is 7.09. The molecule has 1 heterocycles. The second-order valence-electron chi connectivity index (χ2n) is 4.86. The van der Waals surface area contributed by atoms with Gasteiger partial charge in [0, 0.05) is 19.1 Å². The molecule has 0 saturated carbocycles. The number of hydrogen-bond acceptors (Lipinski definition) is 4. The number of nitrogens with zero attached hydrogens (tertiary/aromatic N) is 2. The van der Waals surface area contributed by atoms with Gasteiger partial charge < -0.3 is 0 Å². The summed E-state index contributed by atoms with van der Waals surface area (Å²) >= 11 is 0. The van der Waals surface area contributed by atoms with Crippen molar-refractivity contribution in [3.05, 3.63) is 35.1 Å². The van der Waals surface area contributed by atoms with Crippen LogP contribution in [0, 0.1) is 17.1 Å². The number of rotatable bonds is 2. The van der Waals surface area contributed by atoms with E-state index in [4.69, 9.17) is 5.26 Å². The molecule has 0 N–H and O–H groups in total. The molecular formula is C13H15FN2O2S. The van der Waals surface area contributed by atoms with Crippen LogP contribution in [-0.4, -0.2) is 37.4 Å². The first-order chi connectivity index (χ1) is 8.91. The van der Waals surface area contributed by atoms with E-state index in [0.29, 0.717) is 13.1 Å². The van der Waals surface area contributed by atoms with Gasteiger partial charge in [0.1, 0.15) is 11.9 Å². The van der Waals surface area contributed by atoms with Gasteiger partial charge >= 0.3 is 0 Å². The van der Waals surface area contributed by atoms with Crippen molar-refractivity contribution in [2.75, 3.05) is 18.1 Å². The Kier molecular flexibility index (Phi) is 3.88. The number of sulfone groups is 1. The molecule has 4 nitrogen and oxygen atoms in total. The molecule has 1 atom stereocenters. The van der Waals surface area contributed by atoms with Gasteiger partial charge in [-0.1, -0.05) is 6.07 Å². The van der Waals surface area contributed by atoms with E-state index in [1.54, 1.807) is 6.07 Å². The van der Waals surface area contributed by atoms with Crippen molar-refractivity contribution in [1.82, 2.24) is 4.90 Å². The first kappa shape index (κ1) is 14.0. The lowest BCUT2D eigenvalue weighted by Gasteiger charge is -2.33. The Morgan fingerprint density at radius 1 is 1.53 bits per heavy atom. The average Bonchev–Trinajstić information content (AvgIpc) is 2.34. The molecule has 102 valence electrons. The lowest BCUT2D eigenvalue weighted by Crippen LogP contribution is -2.46. The largest absolute Gasteiger partial charge is 0.294 e. The Morgan fingerprint density at radius 3 is 2.89 bits per heavy atom. The summed E-state index contributed by atoms with van der Waals surface area (Å²) in [5, 5.41) is 8.79. The van der Waals surface area contributed by atoms with Crippen LogP contribution in [0.5, 0.6) is 0 Å². The van der Waals surface area contributed by atoms with Gasteiger partial charge in [-0.2, -0.15) is 5.26 Å². The summed E-state index contributed by atoms with van der Waals surface area (Å²) in [6.07, 6.45) is 0. The summed E-state index contributed by atoms with van der Waals surface area (Å²) in [6.45, 7) is 2.87. The van der Waals surface area contributed by atoms with Gasteiger partial charge in [-0.25, -0.2) is 12.8 Å². The van der Waals surface area contributed by atoms with Crippen molar-refractivity contribution in [3.63, 3.8) is 0 Å². The molecule has 6 heteroatoms. The van der Waals surface area contributed by atoms with Crippen LogP contribution < -0.4 is 0 Å². The molecule has 1 saturated heterocycles. The van der Waals surface area contributed by atoms with E-state index in [1.165, 1.54) is 12.1 Å². The molecule has 19 heavy (non-hydrogen) atoms. The van der Waals surface area contributed by atoms with Crippen molar-refractivity contribution in [1.29, 1.82) is 5.26 Å². The van der Waals surface area contributed by atoms with Crippen LogP contribution in [0.3, 0.4) is 0 Å². The zero-order valence-electron chi connectivity index (χ0n) is 10.6. The van der Waals surface area contributed by atoms with Crippen molar-refractivity contribution in [2.24, 2.45) is 0 Å². The summed E-state index contributed by atoms with van der Waals surface area (Å²) in [5.41, 5.74) is 0.846. The van der Waals surface area contributed by atoms with E-state index in [-0.39, 0.29) is 23.1 Å². The number of halogens is 1. The zero-order valence-corrected chi connectivity index (χ0v) is 11.5. The smallest absolute Gasteiger partial charge is 0.153 e. The highest BCUT2D eigenvalue weighted by Crippen LogP contribution is 2.17. The number of benzene rings is 1. The lowest BCUT2D eigenvalue weighted by atomic mass is 10.1. The predicted molar refractivity (Wildman–Crippen MR) is 69.6 cm³/mol. The highest BCUT2D eigenvalue weighted by Gasteiger charge is 2.27. The fourth-order valence-electron chi connectivity index (χ4n) is 2.26. The minimum Gasteiger partial charge on any atom is -0.294 e. The van der Waals surface area contributed by atoms with Crippen LogP contribution >= 0.6 is 0 Å². The van der Waals surface area contributed by atoms with Crippen LogP contribution in [0.1, 0.15) is 18.1 Å². The Balaban J connectivity index is 2.12. The van der Waals surface area contributed by atoms with Crippen LogP contribution in [-0.2, 0) is 16.4 Å². The fourth-order valence-corrected chi connectivity index (χ4v) is 3.88. The van der Waals surface area contributed by atoms with E-state index < -0.39 is 15.7 Å². The standard InChI is InChI=1S/C13H15FN2O2S/c1-10-9-19(17,18)5-4-16(10)8-11-2-3-13(14)12(6-11)7-15/h2-3,6,10H,4-5,8-9H2,1H3/t10-/m1/s1. The molecule has 0 aromatic heterocycles. The van der Waals surface area contributed by atoms with Gasteiger partial charge in [-0.15, -0.1) is 0 Å². The third-order valence-electron chi connectivity index (χ3n) is 3.34. The van der Waals surface area contributed by atoms with Gasteiger partial charge in [-0.3, -0.25) is 4.90 Å². The van der Waals surface area contributed by atoms with E-state index in [1.807, 2.05) is 17.9 Å². The molecule has 0 amide bonds. The molecule has 0 radical (unpaired) electrons. The average molecular weight is 282 g/mol. The van der Waals surface area contributed by atoms with E-state index >= 15 is 0 Å². The summed E-state index contributed by atoms with van der Waals surface area (Å²) in [4.78, 5) is 2.04. The summed E-state index contributed by atoms with van der Waals surface area (Å²) in [6, 6.07) is 6.17. The molecule has 0 aliphatic carbocycles. The summed E-state index contributed by atoms with van der Waals surface area (Å²) in [5.74, 6) is -0.219. The van der Waals surface area contributed by atoms with Crippen LogP contribution in [0.15, 0.2) is 18.2 Å². The molecule has 1 aromatic rings. The van der Waals surface area contributed by atoms with Gasteiger partial charge in [0.2, 0.25) is 0 Å². The zero-order chi connectivity index (χ0) is 14.0. The monoisotopic (exact) mass is 282 g/mol. The predicted octanol–water partition coefficient (Wildman–Crippen LogP) is 1.32. The maximum atomic E-state index is 13.2. The van der Waals surface area contributed by atoms with Gasteiger partial charge in [0.05, 0.1) is 17.1 Å². The molecule has 1 aliphatic rings. The first-order valence-corrected chi connectivity index (χ1v) is 7.86. The summed E-state index contributed by atoms with van der Waals surface area (Å²) in [7, 11) is -2.93. The summed E-state index contributed by atoms with van der Waals surface area (Å²) < 4.78 is 36.2. The molecular weight excluding hydrogens is 267 g/mol. The minimum absolute atomic E-state index is 0.0229.